The zero-order valence-electron chi connectivity index (χ0n) is 12.6. The van der Waals surface area contributed by atoms with Crippen molar-refractivity contribution >= 4 is 0 Å². The predicted molar refractivity (Wildman–Crippen MR) is 87.8 cm³/mol. The molecule has 0 radical (unpaired) electrons. The first-order chi connectivity index (χ1) is 9.69. The summed E-state index contributed by atoms with van der Waals surface area (Å²) in [6.45, 7) is 5.22. The van der Waals surface area contributed by atoms with Gasteiger partial charge in [-0.2, -0.15) is 0 Å². The summed E-state index contributed by atoms with van der Waals surface area (Å²) in [4.78, 5) is 0. The van der Waals surface area contributed by atoms with E-state index in [0.717, 1.165) is 25.3 Å². The molecule has 1 atom stereocenters. The Hall–Kier alpha value is -1.60. The van der Waals surface area contributed by atoms with Gasteiger partial charge in [-0.3, -0.25) is 0 Å². The highest BCUT2D eigenvalue weighted by atomic mass is 14.5. The Labute approximate surface area is 122 Å². The van der Waals surface area contributed by atoms with E-state index in [1.54, 1.807) is 0 Å². The first kappa shape index (κ1) is 14.8. The fraction of sp³-hybridized carbons (Fsp3) is 0.368. The molecule has 0 aliphatic rings. The van der Waals surface area contributed by atoms with Crippen molar-refractivity contribution in [3.63, 3.8) is 0 Å². The molecule has 2 aromatic rings. The van der Waals surface area contributed by atoms with Crippen molar-refractivity contribution in [3.8, 4) is 11.1 Å². The predicted octanol–water partition coefficient (Wildman–Crippen LogP) is 4.58. The highest BCUT2D eigenvalue weighted by molar-refractivity contribution is 5.64. The van der Waals surface area contributed by atoms with Crippen LogP contribution in [0.2, 0.25) is 0 Å². The molecular formula is C19H25N. The molecule has 2 rings (SSSR count). The van der Waals surface area contributed by atoms with E-state index in [-0.39, 0.29) is 0 Å². The van der Waals surface area contributed by atoms with Crippen molar-refractivity contribution < 1.29 is 0 Å². The highest BCUT2D eigenvalue weighted by Crippen LogP contribution is 2.21. The molecule has 0 bridgehead atoms. The number of hydrogen-bond acceptors (Lipinski definition) is 1. The average Bonchev–Trinajstić information content (AvgIpc) is 2.46. The van der Waals surface area contributed by atoms with E-state index in [2.05, 4.69) is 62.4 Å². The third kappa shape index (κ3) is 4.21. The summed E-state index contributed by atoms with van der Waals surface area (Å²) in [6.07, 6.45) is 3.50. The summed E-state index contributed by atoms with van der Waals surface area (Å²) in [5.74, 6) is 0.719. The topological polar surface area (TPSA) is 26.0 Å². The van der Waals surface area contributed by atoms with Crippen LogP contribution < -0.4 is 5.73 Å². The van der Waals surface area contributed by atoms with Gasteiger partial charge in [0.05, 0.1) is 0 Å². The molecule has 1 nitrogen and oxygen atoms in total. The maximum atomic E-state index is 5.59. The number of aryl methyl sites for hydroxylation is 2. The molecule has 0 heterocycles. The quantitative estimate of drug-likeness (QED) is 0.814. The van der Waals surface area contributed by atoms with Gasteiger partial charge in [-0.15, -0.1) is 0 Å². The third-order valence-electron chi connectivity index (χ3n) is 3.89. The van der Waals surface area contributed by atoms with Gasteiger partial charge < -0.3 is 5.73 Å². The van der Waals surface area contributed by atoms with E-state index in [0.29, 0.717) is 0 Å². The summed E-state index contributed by atoms with van der Waals surface area (Å²) >= 11 is 0. The van der Waals surface area contributed by atoms with E-state index in [1.807, 2.05) is 0 Å². The molecule has 1 unspecified atom stereocenters. The lowest BCUT2D eigenvalue weighted by Crippen LogP contribution is -2.06. The van der Waals surface area contributed by atoms with Gasteiger partial charge in [-0.05, 0) is 55.3 Å². The molecule has 2 N–H and O–H groups in total. The van der Waals surface area contributed by atoms with Crippen molar-refractivity contribution in [1.82, 2.24) is 0 Å². The SMILES string of the molecule is Cc1cccc(-c2ccc(CCC(C)CCN)cc2)c1. The van der Waals surface area contributed by atoms with Gasteiger partial charge in [0, 0.05) is 0 Å². The lowest BCUT2D eigenvalue weighted by atomic mass is 9.96. The maximum Gasteiger partial charge on any atom is -0.00747 e. The van der Waals surface area contributed by atoms with Crippen molar-refractivity contribution in [1.29, 1.82) is 0 Å². The van der Waals surface area contributed by atoms with Crippen LogP contribution in [0.25, 0.3) is 11.1 Å². The van der Waals surface area contributed by atoms with Crippen molar-refractivity contribution in [2.45, 2.75) is 33.1 Å². The Balaban J connectivity index is 1.99. The lowest BCUT2D eigenvalue weighted by molar-refractivity contribution is 0.500. The van der Waals surface area contributed by atoms with E-state index in [4.69, 9.17) is 5.73 Å². The Morgan fingerprint density at radius 3 is 2.35 bits per heavy atom. The molecular weight excluding hydrogens is 242 g/mol. The molecule has 0 spiro atoms. The van der Waals surface area contributed by atoms with Crippen LogP contribution in [0.1, 0.15) is 30.9 Å². The zero-order chi connectivity index (χ0) is 14.4. The second kappa shape index (κ2) is 7.25. The summed E-state index contributed by atoms with van der Waals surface area (Å²) in [7, 11) is 0. The van der Waals surface area contributed by atoms with Gasteiger partial charge in [0.15, 0.2) is 0 Å². The van der Waals surface area contributed by atoms with Crippen molar-refractivity contribution in [2.24, 2.45) is 11.7 Å². The van der Waals surface area contributed by atoms with Crippen LogP contribution in [0.4, 0.5) is 0 Å². The van der Waals surface area contributed by atoms with Gasteiger partial charge >= 0.3 is 0 Å². The number of nitrogens with two attached hydrogens (primary N) is 1. The molecule has 0 aliphatic heterocycles. The standard InChI is InChI=1S/C19H25N/c1-15(12-13-20)6-7-17-8-10-18(11-9-17)19-5-3-4-16(2)14-19/h3-5,8-11,14-15H,6-7,12-13,20H2,1-2H3. The monoisotopic (exact) mass is 267 g/mol. The molecule has 0 fully saturated rings. The first-order valence-electron chi connectivity index (χ1n) is 7.55. The minimum Gasteiger partial charge on any atom is -0.330 e. The fourth-order valence-corrected chi connectivity index (χ4v) is 2.53. The van der Waals surface area contributed by atoms with E-state index < -0.39 is 0 Å². The minimum atomic E-state index is 0.719. The van der Waals surface area contributed by atoms with E-state index in [1.165, 1.54) is 28.7 Å². The molecule has 0 saturated carbocycles. The average molecular weight is 267 g/mol. The number of rotatable bonds is 6. The number of benzene rings is 2. The Morgan fingerprint density at radius 1 is 0.950 bits per heavy atom. The van der Waals surface area contributed by atoms with Gasteiger partial charge in [0.2, 0.25) is 0 Å². The van der Waals surface area contributed by atoms with Gasteiger partial charge in [0.1, 0.15) is 0 Å². The zero-order valence-corrected chi connectivity index (χ0v) is 12.6. The molecule has 0 aromatic heterocycles. The summed E-state index contributed by atoms with van der Waals surface area (Å²) < 4.78 is 0. The highest BCUT2D eigenvalue weighted by Gasteiger charge is 2.03. The second-order valence-electron chi connectivity index (χ2n) is 5.79. The van der Waals surface area contributed by atoms with Crippen LogP contribution in [0.3, 0.4) is 0 Å². The van der Waals surface area contributed by atoms with Crippen LogP contribution in [-0.2, 0) is 6.42 Å². The van der Waals surface area contributed by atoms with Crippen LogP contribution in [0, 0.1) is 12.8 Å². The smallest absolute Gasteiger partial charge is 0.00747 e. The maximum absolute atomic E-state index is 5.59. The second-order valence-corrected chi connectivity index (χ2v) is 5.79. The minimum absolute atomic E-state index is 0.719. The summed E-state index contributed by atoms with van der Waals surface area (Å²) in [5, 5.41) is 0. The van der Waals surface area contributed by atoms with Gasteiger partial charge in [0.25, 0.3) is 0 Å². The lowest BCUT2D eigenvalue weighted by Gasteiger charge is -2.10. The van der Waals surface area contributed by atoms with Crippen molar-refractivity contribution in [2.75, 3.05) is 6.54 Å². The Morgan fingerprint density at radius 2 is 1.70 bits per heavy atom. The van der Waals surface area contributed by atoms with Crippen molar-refractivity contribution in [3.05, 3.63) is 59.7 Å². The van der Waals surface area contributed by atoms with Crippen LogP contribution in [-0.4, -0.2) is 6.54 Å². The van der Waals surface area contributed by atoms with E-state index in [9.17, 15) is 0 Å². The summed E-state index contributed by atoms with van der Waals surface area (Å²) in [5.41, 5.74) is 10.9. The normalized spacial score (nSPS) is 12.3. The largest absolute Gasteiger partial charge is 0.330 e. The molecule has 2 aromatic carbocycles. The molecule has 0 aliphatic carbocycles. The molecule has 20 heavy (non-hydrogen) atoms. The van der Waals surface area contributed by atoms with Gasteiger partial charge in [-0.25, -0.2) is 0 Å². The Bertz CT molecular complexity index is 528. The summed E-state index contributed by atoms with van der Waals surface area (Å²) in [6, 6.07) is 17.6. The van der Waals surface area contributed by atoms with E-state index >= 15 is 0 Å². The molecule has 0 saturated heterocycles. The number of hydrogen-bond donors (Lipinski definition) is 1. The van der Waals surface area contributed by atoms with Crippen LogP contribution in [0.5, 0.6) is 0 Å². The molecule has 0 amide bonds. The molecule has 106 valence electrons. The van der Waals surface area contributed by atoms with Gasteiger partial charge in [-0.1, -0.05) is 61.0 Å². The Kier molecular flexibility index (Phi) is 5.37. The molecule has 1 heteroatoms. The first-order valence-corrected chi connectivity index (χ1v) is 7.55. The van der Waals surface area contributed by atoms with Crippen LogP contribution >= 0.6 is 0 Å². The van der Waals surface area contributed by atoms with Crippen LogP contribution in [0.15, 0.2) is 48.5 Å². The third-order valence-corrected chi connectivity index (χ3v) is 3.89. The fourth-order valence-electron chi connectivity index (χ4n) is 2.53.